The number of fused-ring (bicyclic) bond motifs is 2. The Morgan fingerprint density at radius 2 is 0.807 bits per heavy atom. The Balaban J connectivity index is 0.967. The van der Waals surface area contributed by atoms with Crippen molar-refractivity contribution in [2.45, 2.75) is 0 Å². The molecule has 0 bridgehead atoms. The van der Waals surface area contributed by atoms with Crippen molar-refractivity contribution in [1.29, 1.82) is 0 Å². The summed E-state index contributed by atoms with van der Waals surface area (Å²) in [6.45, 7) is 0. The molecule has 0 aliphatic carbocycles. The maximum absolute atomic E-state index is 5.08. The van der Waals surface area contributed by atoms with E-state index in [4.69, 9.17) is 15.0 Å². The standard InChI is InChI=1S/C51H27N5S/c1-3-8-28(9-4-1)29-14-16-31(17-15-29)50-52-49(30-10-5-2-6-11-30)53-51(54-50)32-18-20-33(21-19-32)55-38-25-27-40-44-42(38)43-39(55)24-22-36-34-12-7-13-35-37-23-26-41(57-40)45(44)48(37)56(46(34)35)47(36)43/h1-27H. The van der Waals surface area contributed by atoms with Crippen LogP contribution in [0.2, 0.25) is 0 Å². The SMILES string of the molecule is c1ccc(-c2ccc(-c3nc(-c4ccccc4)nc(-c4ccc(-n5c6ccc7sc8ccc9c%10cccc%11c%12ccc5c5c6c7c8c9n(c%10%11)c%125)cc4)n3)cc2)cc1. The zero-order chi connectivity index (χ0) is 36.9. The summed E-state index contributed by atoms with van der Waals surface area (Å²) in [4.78, 5) is 15.1. The second-order valence-electron chi connectivity index (χ2n) is 15.2. The lowest BCUT2D eigenvalue weighted by Gasteiger charge is -2.11. The van der Waals surface area contributed by atoms with E-state index in [1.165, 1.54) is 85.6 Å². The first-order valence-electron chi connectivity index (χ1n) is 19.3. The minimum atomic E-state index is 0.643. The van der Waals surface area contributed by atoms with Gasteiger partial charge in [-0.1, -0.05) is 115 Å². The summed E-state index contributed by atoms with van der Waals surface area (Å²) < 4.78 is 7.73. The first kappa shape index (κ1) is 29.9. The lowest BCUT2D eigenvalue weighted by molar-refractivity contribution is 1.07. The van der Waals surface area contributed by atoms with E-state index in [1.807, 2.05) is 35.6 Å². The minimum Gasteiger partial charge on any atom is -0.309 e. The van der Waals surface area contributed by atoms with Crippen LogP contribution in [0.1, 0.15) is 0 Å². The quantitative estimate of drug-likeness (QED) is 0.176. The maximum atomic E-state index is 5.08. The second kappa shape index (κ2) is 10.7. The van der Waals surface area contributed by atoms with E-state index >= 15 is 0 Å². The number of aromatic nitrogens is 5. The van der Waals surface area contributed by atoms with Crippen molar-refractivity contribution in [3.05, 3.63) is 164 Å². The Morgan fingerprint density at radius 3 is 1.49 bits per heavy atom. The van der Waals surface area contributed by atoms with Gasteiger partial charge in [-0.2, -0.15) is 0 Å². The first-order valence-corrected chi connectivity index (χ1v) is 20.1. The maximum Gasteiger partial charge on any atom is 0.164 e. The van der Waals surface area contributed by atoms with Gasteiger partial charge in [-0.05, 0) is 59.7 Å². The molecule has 0 amide bonds. The largest absolute Gasteiger partial charge is 0.309 e. The van der Waals surface area contributed by atoms with Gasteiger partial charge in [0, 0.05) is 74.9 Å². The van der Waals surface area contributed by atoms with E-state index in [2.05, 4.69) is 148 Å². The highest BCUT2D eigenvalue weighted by Crippen LogP contribution is 2.53. The van der Waals surface area contributed by atoms with Gasteiger partial charge in [0.15, 0.2) is 17.5 Å². The van der Waals surface area contributed by atoms with Crippen molar-refractivity contribution in [3.8, 4) is 51.0 Å². The fraction of sp³-hybridized carbons (Fsp3) is 0. The van der Waals surface area contributed by atoms with Crippen LogP contribution in [0.4, 0.5) is 0 Å². The molecule has 0 N–H and O–H groups in total. The van der Waals surface area contributed by atoms with Crippen molar-refractivity contribution in [1.82, 2.24) is 23.9 Å². The molecule has 0 aliphatic heterocycles. The molecule has 8 aromatic carbocycles. The summed E-state index contributed by atoms with van der Waals surface area (Å²) in [5, 5.41) is 10.8. The number of hydrogen-bond acceptors (Lipinski definition) is 4. The Morgan fingerprint density at radius 1 is 0.333 bits per heavy atom. The molecule has 0 spiro atoms. The molecule has 6 heterocycles. The molecule has 0 saturated carbocycles. The molecule has 0 aliphatic rings. The minimum absolute atomic E-state index is 0.643. The summed E-state index contributed by atoms with van der Waals surface area (Å²) >= 11 is 1.91. The van der Waals surface area contributed by atoms with E-state index in [0.717, 1.165) is 27.9 Å². The molecule has 6 heteroatoms. The highest BCUT2D eigenvalue weighted by Gasteiger charge is 2.28. The van der Waals surface area contributed by atoms with Crippen molar-refractivity contribution < 1.29 is 0 Å². The summed E-state index contributed by atoms with van der Waals surface area (Å²) in [5.41, 5.74) is 12.7. The van der Waals surface area contributed by atoms with Crippen molar-refractivity contribution >= 4 is 91.4 Å². The zero-order valence-electron chi connectivity index (χ0n) is 30.2. The van der Waals surface area contributed by atoms with Gasteiger partial charge in [0.1, 0.15) is 0 Å². The number of thiophene rings is 1. The third-order valence-corrected chi connectivity index (χ3v) is 13.4. The molecule has 0 unspecified atom stereocenters. The Labute approximate surface area is 328 Å². The summed E-state index contributed by atoms with van der Waals surface area (Å²) in [6.07, 6.45) is 0. The summed E-state index contributed by atoms with van der Waals surface area (Å²) in [7, 11) is 0. The fourth-order valence-corrected chi connectivity index (χ4v) is 10.9. The van der Waals surface area contributed by atoms with E-state index in [0.29, 0.717) is 17.5 Å². The Bertz CT molecular complexity index is 3820. The predicted molar refractivity (Wildman–Crippen MR) is 237 cm³/mol. The summed E-state index contributed by atoms with van der Waals surface area (Å²) in [5.74, 6) is 1.94. The topological polar surface area (TPSA) is 48.0 Å². The average molecular weight is 742 g/mol. The number of hydrogen-bond donors (Lipinski definition) is 0. The van der Waals surface area contributed by atoms with Crippen LogP contribution >= 0.6 is 11.3 Å². The van der Waals surface area contributed by atoms with Gasteiger partial charge in [-0.25, -0.2) is 15.0 Å². The van der Waals surface area contributed by atoms with Crippen LogP contribution in [0.15, 0.2) is 164 Å². The van der Waals surface area contributed by atoms with Gasteiger partial charge < -0.3 is 8.97 Å². The average Bonchev–Trinajstić information content (AvgIpc) is 4.00. The van der Waals surface area contributed by atoms with E-state index in [9.17, 15) is 0 Å². The molecule has 14 aromatic rings. The zero-order valence-corrected chi connectivity index (χ0v) is 31.0. The number of nitrogens with zero attached hydrogens (tertiary/aromatic N) is 5. The van der Waals surface area contributed by atoms with Crippen LogP contribution in [0.3, 0.4) is 0 Å². The van der Waals surface area contributed by atoms with Gasteiger partial charge in [-0.15, -0.1) is 11.3 Å². The van der Waals surface area contributed by atoms with Gasteiger partial charge >= 0.3 is 0 Å². The number of para-hydroxylation sites is 1. The number of rotatable bonds is 5. The van der Waals surface area contributed by atoms with Gasteiger partial charge in [0.2, 0.25) is 0 Å². The lowest BCUT2D eigenvalue weighted by Crippen LogP contribution is -2.00. The molecule has 14 rings (SSSR count). The van der Waals surface area contributed by atoms with Crippen LogP contribution in [-0.2, 0) is 0 Å². The van der Waals surface area contributed by atoms with Crippen molar-refractivity contribution in [2.24, 2.45) is 0 Å². The first-order chi connectivity index (χ1) is 28.3. The van der Waals surface area contributed by atoms with Gasteiger partial charge in [0.05, 0.1) is 27.6 Å². The molecule has 0 atom stereocenters. The molecular formula is C51H27N5S. The van der Waals surface area contributed by atoms with Crippen LogP contribution in [0.5, 0.6) is 0 Å². The molecule has 57 heavy (non-hydrogen) atoms. The van der Waals surface area contributed by atoms with Gasteiger partial charge in [-0.3, -0.25) is 0 Å². The molecule has 0 radical (unpaired) electrons. The lowest BCUT2D eigenvalue weighted by atomic mass is 10.0. The van der Waals surface area contributed by atoms with Crippen LogP contribution < -0.4 is 0 Å². The van der Waals surface area contributed by atoms with E-state index in [1.54, 1.807) is 0 Å². The van der Waals surface area contributed by atoms with Crippen LogP contribution in [0, 0.1) is 0 Å². The smallest absolute Gasteiger partial charge is 0.164 e. The summed E-state index contributed by atoms with van der Waals surface area (Å²) in [6, 6.07) is 58.7. The van der Waals surface area contributed by atoms with E-state index in [-0.39, 0.29) is 0 Å². The van der Waals surface area contributed by atoms with Crippen LogP contribution in [0.25, 0.3) is 131 Å². The fourth-order valence-electron chi connectivity index (χ4n) is 9.79. The molecule has 5 nitrogen and oxygen atoms in total. The third kappa shape index (κ3) is 3.85. The molecule has 6 aromatic heterocycles. The Hall–Kier alpha value is -7.41. The van der Waals surface area contributed by atoms with Gasteiger partial charge in [0.25, 0.3) is 0 Å². The van der Waals surface area contributed by atoms with Crippen LogP contribution in [-0.4, -0.2) is 23.9 Å². The monoisotopic (exact) mass is 741 g/mol. The second-order valence-corrected chi connectivity index (χ2v) is 16.2. The third-order valence-electron chi connectivity index (χ3n) is 12.2. The molecule has 262 valence electrons. The Kier molecular flexibility index (Phi) is 5.59. The normalized spacial score (nSPS) is 12.6. The predicted octanol–water partition coefficient (Wildman–Crippen LogP) is 13.5. The molecule has 0 fully saturated rings. The van der Waals surface area contributed by atoms with Crippen molar-refractivity contribution in [2.75, 3.05) is 0 Å². The highest BCUT2D eigenvalue weighted by molar-refractivity contribution is 7.26. The highest BCUT2D eigenvalue weighted by atomic mass is 32.1. The molecule has 0 saturated heterocycles. The van der Waals surface area contributed by atoms with E-state index < -0.39 is 0 Å². The molecular weight excluding hydrogens is 715 g/mol. The van der Waals surface area contributed by atoms with Crippen molar-refractivity contribution in [3.63, 3.8) is 0 Å². The number of benzene rings is 8.